The first kappa shape index (κ1) is 15.3. The van der Waals surface area contributed by atoms with Gasteiger partial charge in [-0.1, -0.05) is 72.8 Å². The van der Waals surface area contributed by atoms with Gasteiger partial charge in [0.2, 0.25) is 5.91 Å². The van der Waals surface area contributed by atoms with E-state index in [1.165, 1.54) is 5.57 Å². The number of hydrogen-bond donors (Lipinski definition) is 0. The third-order valence-electron chi connectivity index (χ3n) is 4.35. The van der Waals surface area contributed by atoms with Gasteiger partial charge < -0.3 is 4.90 Å². The van der Waals surface area contributed by atoms with Crippen LogP contribution < -0.4 is 0 Å². The zero-order chi connectivity index (χ0) is 16.2. The van der Waals surface area contributed by atoms with E-state index >= 15 is 0 Å². The average molecular weight is 303 g/mol. The van der Waals surface area contributed by atoms with E-state index < -0.39 is 0 Å². The molecule has 1 fully saturated rings. The molecule has 0 unspecified atom stereocenters. The van der Waals surface area contributed by atoms with Crippen molar-refractivity contribution < 1.29 is 4.79 Å². The fraction of sp³-hybridized carbons (Fsp3) is 0.190. The summed E-state index contributed by atoms with van der Waals surface area (Å²) in [5, 5.41) is 0. The molecule has 116 valence electrons. The highest BCUT2D eigenvalue weighted by molar-refractivity contribution is 5.89. The van der Waals surface area contributed by atoms with E-state index in [0.717, 1.165) is 11.1 Å². The summed E-state index contributed by atoms with van der Waals surface area (Å²) in [5.41, 5.74) is 3.50. The van der Waals surface area contributed by atoms with Crippen molar-refractivity contribution in [3.8, 4) is 0 Å². The summed E-state index contributed by atoms with van der Waals surface area (Å²) in [5.74, 6) is 0.0494. The van der Waals surface area contributed by atoms with Crippen LogP contribution in [-0.2, 0) is 11.3 Å². The van der Waals surface area contributed by atoms with Crippen molar-refractivity contribution >= 4 is 12.0 Å². The van der Waals surface area contributed by atoms with Gasteiger partial charge in [0.05, 0.1) is 12.0 Å². The largest absolute Gasteiger partial charge is 0.330 e. The molecular weight excluding hydrogens is 282 g/mol. The Hall–Kier alpha value is -2.61. The van der Waals surface area contributed by atoms with Crippen LogP contribution >= 0.6 is 0 Å². The van der Waals surface area contributed by atoms with Crippen LogP contribution in [0.4, 0.5) is 0 Å². The molecule has 0 N–H and O–H groups in total. The predicted molar refractivity (Wildman–Crippen MR) is 94.6 cm³/mol. The van der Waals surface area contributed by atoms with Gasteiger partial charge >= 0.3 is 0 Å². The van der Waals surface area contributed by atoms with E-state index in [2.05, 4.69) is 43.8 Å². The van der Waals surface area contributed by atoms with Gasteiger partial charge in [0.25, 0.3) is 0 Å². The van der Waals surface area contributed by atoms with Crippen molar-refractivity contribution in [2.45, 2.75) is 19.5 Å². The first-order valence-corrected chi connectivity index (χ1v) is 7.91. The van der Waals surface area contributed by atoms with Gasteiger partial charge in [-0.2, -0.15) is 0 Å². The van der Waals surface area contributed by atoms with Gasteiger partial charge in [0, 0.05) is 6.54 Å². The average Bonchev–Trinajstić information content (AvgIpc) is 2.59. The second-order valence-electron chi connectivity index (χ2n) is 5.96. The maximum absolute atomic E-state index is 12.4. The summed E-state index contributed by atoms with van der Waals surface area (Å²) in [6.45, 7) is 6.58. The van der Waals surface area contributed by atoms with Crippen LogP contribution in [0, 0.1) is 5.92 Å². The lowest BCUT2D eigenvalue weighted by Gasteiger charge is -2.47. The Balaban J connectivity index is 1.83. The molecule has 1 aliphatic heterocycles. The number of hydrogen-bond acceptors (Lipinski definition) is 1. The minimum Gasteiger partial charge on any atom is -0.330 e. The second kappa shape index (κ2) is 6.66. The first-order valence-electron chi connectivity index (χ1n) is 7.91. The van der Waals surface area contributed by atoms with Crippen LogP contribution in [-0.4, -0.2) is 16.8 Å². The highest BCUT2D eigenvalue weighted by atomic mass is 16.2. The van der Waals surface area contributed by atoms with Crippen molar-refractivity contribution in [1.29, 1.82) is 0 Å². The molecule has 1 heterocycles. The number of carbonyl (C=O) groups excluding carboxylic acids is 1. The van der Waals surface area contributed by atoms with Gasteiger partial charge in [-0.25, -0.2) is 0 Å². The zero-order valence-corrected chi connectivity index (χ0v) is 13.4. The molecule has 2 heteroatoms. The van der Waals surface area contributed by atoms with Crippen molar-refractivity contribution in [3.63, 3.8) is 0 Å². The SMILES string of the molecule is C=C[C@H]1C(=O)N(Cc2ccccc2)[C@@H]1/C(C)=C/c1ccccc1. The molecule has 1 aliphatic rings. The van der Waals surface area contributed by atoms with E-state index in [-0.39, 0.29) is 17.9 Å². The number of likely N-dealkylation sites (tertiary alicyclic amines) is 1. The number of amides is 1. The summed E-state index contributed by atoms with van der Waals surface area (Å²) >= 11 is 0. The molecule has 2 aromatic rings. The maximum Gasteiger partial charge on any atom is 0.232 e. The number of benzene rings is 2. The highest BCUT2D eigenvalue weighted by Crippen LogP contribution is 2.35. The lowest BCUT2D eigenvalue weighted by Crippen LogP contribution is -2.59. The molecule has 0 radical (unpaired) electrons. The summed E-state index contributed by atoms with van der Waals surface area (Å²) in [6.07, 6.45) is 3.93. The molecule has 23 heavy (non-hydrogen) atoms. The highest BCUT2D eigenvalue weighted by Gasteiger charge is 2.45. The first-order chi connectivity index (χ1) is 11.2. The van der Waals surface area contributed by atoms with Crippen LogP contribution in [0.25, 0.3) is 6.08 Å². The molecule has 1 amide bonds. The van der Waals surface area contributed by atoms with E-state index in [9.17, 15) is 4.79 Å². The van der Waals surface area contributed by atoms with Crippen molar-refractivity contribution in [3.05, 3.63) is 90.0 Å². The minimum absolute atomic E-state index is 0.0976. The topological polar surface area (TPSA) is 20.3 Å². The standard InChI is InChI=1S/C21H21NO/c1-3-19-20(16(2)14-17-10-6-4-7-11-17)22(21(19)23)15-18-12-8-5-9-13-18/h3-14,19-20H,1,15H2,2H3/b16-14+/t19-,20-/m1/s1. The number of nitrogens with zero attached hydrogens (tertiary/aromatic N) is 1. The van der Waals surface area contributed by atoms with Crippen molar-refractivity contribution in [2.24, 2.45) is 5.92 Å². The lowest BCUT2D eigenvalue weighted by atomic mass is 9.81. The second-order valence-corrected chi connectivity index (χ2v) is 5.96. The summed E-state index contributed by atoms with van der Waals surface area (Å²) in [6, 6.07) is 20.4. The van der Waals surface area contributed by atoms with Crippen molar-refractivity contribution in [1.82, 2.24) is 4.90 Å². The Morgan fingerprint density at radius 2 is 1.70 bits per heavy atom. The molecule has 2 aromatic carbocycles. The van der Waals surface area contributed by atoms with E-state index in [1.54, 1.807) is 6.08 Å². The molecule has 3 rings (SSSR count). The Morgan fingerprint density at radius 3 is 2.30 bits per heavy atom. The maximum atomic E-state index is 12.4. The van der Waals surface area contributed by atoms with Gasteiger partial charge in [-0.05, 0) is 23.6 Å². The Labute approximate surface area is 137 Å². The molecule has 0 saturated carbocycles. The molecular formula is C21H21NO. The number of rotatable bonds is 5. The molecule has 0 aromatic heterocycles. The van der Waals surface area contributed by atoms with Crippen LogP contribution in [0.1, 0.15) is 18.1 Å². The van der Waals surface area contributed by atoms with Gasteiger partial charge in [-0.15, -0.1) is 6.58 Å². The molecule has 1 saturated heterocycles. The Morgan fingerprint density at radius 1 is 1.09 bits per heavy atom. The lowest BCUT2D eigenvalue weighted by molar-refractivity contribution is -0.151. The van der Waals surface area contributed by atoms with E-state index in [1.807, 2.05) is 41.3 Å². The van der Waals surface area contributed by atoms with Gasteiger partial charge in [0.1, 0.15) is 0 Å². The van der Waals surface area contributed by atoms with Gasteiger partial charge in [-0.3, -0.25) is 4.79 Å². The summed E-state index contributed by atoms with van der Waals surface area (Å²) in [7, 11) is 0. The summed E-state index contributed by atoms with van der Waals surface area (Å²) < 4.78 is 0. The number of carbonyl (C=O) groups is 1. The quantitative estimate of drug-likeness (QED) is 0.595. The van der Waals surface area contributed by atoms with Crippen LogP contribution in [0.5, 0.6) is 0 Å². The third-order valence-corrected chi connectivity index (χ3v) is 4.35. The van der Waals surface area contributed by atoms with Crippen molar-refractivity contribution in [2.75, 3.05) is 0 Å². The molecule has 0 spiro atoms. The van der Waals surface area contributed by atoms with Crippen LogP contribution in [0.2, 0.25) is 0 Å². The summed E-state index contributed by atoms with van der Waals surface area (Å²) in [4.78, 5) is 14.3. The Kier molecular flexibility index (Phi) is 4.42. The smallest absolute Gasteiger partial charge is 0.232 e. The fourth-order valence-corrected chi connectivity index (χ4v) is 3.19. The number of β-lactam (4-membered cyclic amide) rings is 1. The third kappa shape index (κ3) is 3.11. The fourth-order valence-electron chi connectivity index (χ4n) is 3.19. The molecule has 2 nitrogen and oxygen atoms in total. The zero-order valence-electron chi connectivity index (χ0n) is 13.4. The van der Waals surface area contributed by atoms with Crippen LogP contribution in [0.15, 0.2) is 78.9 Å². The predicted octanol–water partition coefficient (Wildman–Crippen LogP) is 4.30. The monoisotopic (exact) mass is 303 g/mol. The minimum atomic E-state index is -0.112. The molecule has 2 atom stereocenters. The van der Waals surface area contributed by atoms with E-state index in [0.29, 0.717) is 6.54 Å². The molecule has 0 bridgehead atoms. The Bertz CT molecular complexity index is 718. The van der Waals surface area contributed by atoms with E-state index in [4.69, 9.17) is 0 Å². The molecule has 0 aliphatic carbocycles. The normalized spacial score (nSPS) is 21.0. The van der Waals surface area contributed by atoms with Crippen LogP contribution in [0.3, 0.4) is 0 Å². The van der Waals surface area contributed by atoms with Gasteiger partial charge in [0.15, 0.2) is 0 Å².